The summed E-state index contributed by atoms with van der Waals surface area (Å²) in [5, 5.41) is 3.13. The lowest BCUT2D eigenvalue weighted by Crippen LogP contribution is -2.28. The van der Waals surface area contributed by atoms with Crippen LogP contribution in [0.25, 0.3) is 0 Å². The Labute approximate surface area is 151 Å². The zero-order valence-electron chi connectivity index (χ0n) is 15.0. The number of hydrogen-bond donors (Lipinski definition) is 1. The summed E-state index contributed by atoms with van der Waals surface area (Å²) in [7, 11) is 0. The molecule has 3 nitrogen and oxygen atoms in total. The van der Waals surface area contributed by atoms with E-state index in [0.717, 1.165) is 18.5 Å². The van der Waals surface area contributed by atoms with E-state index in [2.05, 4.69) is 17.2 Å². The minimum atomic E-state index is -0.0618. The molecule has 0 fully saturated rings. The molecule has 1 atom stereocenters. The highest BCUT2D eigenvalue weighted by Crippen LogP contribution is 2.16. The highest BCUT2D eigenvalue weighted by atomic mass is 16.1. The minimum Gasteiger partial charge on any atom is -0.345 e. The van der Waals surface area contributed by atoms with Crippen molar-refractivity contribution in [3.05, 3.63) is 71.8 Å². The van der Waals surface area contributed by atoms with Gasteiger partial charge in [0.25, 0.3) is 5.91 Å². The van der Waals surface area contributed by atoms with Gasteiger partial charge in [0.05, 0.1) is 6.04 Å². The number of carbonyl (C=O) groups excluding carboxylic acids is 1. The fraction of sp³-hybridized carbons (Fsp3) is 0.364. The van der Waals surface area contributed by atoms with Gasteiger partial charge in [-0.1, -0.05) is 74.7 Å². The smallest absolute Gasteiger partial charge is 0.251 e. The van der Waals surface area contributed by atoms with Crippen molar-refractivity contribution < 1.29 is 4.79 Å². The largest absolute Gasteiger partial charge is 0.345 e. The van der Waals surface area contributed by atoms with Gasteiger partial charge in [-0.15, -0.1) is 0 Å². The van der Waals surface area contributed by atoms with Gasteiger partial charge in [-0.3, -0.25) is 9.79 Å². The Morgan fingerprint density at radius 2 is 1.68 bits per heavy atom. The Kier molecular flexibility index (Phi) is 8.46. The summed E-state index contributed by atoms with van der Waals surface area (Å²) in [5.41, 5.74) is 1.78. The molecule has 0 aliphatic rings. The molecule has 0 heterocycles. The summed E-state index contributed by atoms with van der Waals surface area (Å²) in [6.07, 6.45) is 7.54. The maximum absolute atomic E-state index is 12.5. The van der Waals surface area contributed by atoms with Gasteiger partial charge in [0, 0.05) is 24.7 Å². The fourth-order valence-corrected chi connectivity index (χ4v) is 2.70. The number of hydrogen-bond acceptors (Lipinski definition) is 2. The lowest BCUT2D eigenvalue weighted by molar-refractivity contribution is 0.0938. The van der Waals surface area contributed by atoms with E-state index in [9.17, 15) is 4.79 Å². The third kappa shape index (κ3) is 6.92. The number of amides is 1. The van der Waals surface area contributed by atoms with Crippen LogP contribution in [0.4, 0.5) is 0 Å². The Bertz CT molecular complexity index is 638. The van der Waals surface area contributed by atoms with Gasteiger partial charge in [0.1, 0.15) is 0 Å². The van der Waals surface area contributed by atoms with E-state index in [1.807, 2.05) is 66.9 Å². The third-order valence-corrected chi connectivity index (χ3v) is 4.15. The minimum absolute atomic E-state index is 0.0502. The first-order valence-electron chi connectivity index (χ1n) is 9.20. The molecule has 3 heteroatoms. The molecule has 0 bridgehead atoms. The van der Waals surface area contributed by atoms with E-state index < -0.39 is 0 Å². The van der Waals surface area contributed by atoms with Crippen LogP contribution in [-0.2, 0) is 0 Å². The summed E-state index contributed by atoms with van der Waals surface area (Å²) in [6.45, 7) is 3.08. The molecule has 0 saturated carbocycles. The molecule has 25 heavy (non-hydrogen) atoms. The zero-order chi connectivity index (χ0) is 17.7. The Balaban J connectivity index is 1.94. The van der Waals surface area contributed by atoms with Crippen LogP contribution >= 0.6 is 0 Å². The first-order valence-corrected chi connectivity index (χ1v) is 9.20. The summed E-state index contributed by atoms with van der Waals surface area (Å²) in [5.74, 6) is -0.0502. The van der Waals surface area contributed by atoms with Gasteiger partial charge >= 0.3 is 0 Å². The van der Waals surface area contributed by atoms with Crippen molar-refractivity contribution in [2.24, 2.45) is 4.99 Å². The Morgan fingerprint density at radius 1 is 1.00 bits per heavy atom. The quantitative estimate of drug-likeness (QED) is 0.470. The molecular formula is C22H28N2O. The molecule has 0 aliphatic heterocycles. The molecule has 0 spiro atoms. The standard InChI is InChI=1S/C22H28N2O/c1-2-3-4-11-17-23-18-16-21(19-12-7-5-8-13-19)24-22(25)20-14-9-6-10-15-20/h5-10,12-15,18,21H,2-4,11,16-17H2,1H3,(H,24,25). The van der Waals surface area contributed by atoms with Crippen molar-refractivity contribution in [3.63, 3.8) is 0 Å². The van der Waals surface area contributed by atoms with Gasteiger partial charge in [-0.05, 0) is 24.1 Å². The average Bonchev–Trinajstić information content (AvgIpc) is 2.67. The first-order chi connectivity index (χ1) is 12.3. The number of nitrogens with zero attached hydrogens (tertiary/aromatic N) is 1. The molecule has 2 rings (SSSR count). The van der Waals surface area contributed by atoms with Crippen molar-refractivity contribution in [3.8, 4) is 0 Å². The second kappa shape index (κ2) is 11.2. The highest BCUT2D eigenvalue weighted by Gasteiger charge is 2.14. The van der Waals surface area contributed by atoms with Crippen LogP contribution < -0.4 is 5.32 Å². The van der Waals surface area contributed by atoms with Gasteiger partial charge in [-0.25, -0.2) is 0 Å². The van der Waals surface area contributed by atoms with E-state index in [4.69, 9.17) is 0 Å². The van der Waals surface area contributed by atoms with E-state index in [1.54, 1.807) is 0 Å². The van der Waals surface area contributed by atoms with Crippen molar-refractivity contribution in [1.82, 2.24) is 5.32 Å². The normalized spacial score (nSPS) is 12.2. The zero-order valence-corrected chi connectivity index (χ0v) is 15.0. The maximum Gasteiger partial charge on any atom is 0.251 e. The van der Waals surface area contributed by atoms with Gasteiger partial charge < -0.3 is 5.32 Å². The fourth-order valence-electron chi connectivity index (χ4n) is 2.70. The van der Waals surface area contributed by atoms with E-state index in [1.165, 1.54) is 19.3 Å². The molecule has 0 saturated heterocycles. The van der Waals surface area contributed by atoms with E-state index in [0.29, 0.717) is 12.0 Å². The molecule has 1 N–H and O–H groups in total. The lowest BCUT2D eigenvalue weighted by Gasteiger charge is -2.17. The monoisotopic (exact) mass is 336 g/mol. The number of rotatable bonds is 10. The molecule has 1 amide bonds. The third-order valence-electron chi connectivity index (χ3n) is 4.15. The average molecular weight is 336 g/mol. The molecule has 0 aliphatic carbocycles. The summed E-state index contributed by atoms with van der Waals surface area (Å²) in [4.78, 5) is 17.0. The van der Waals surface area contributed by atoms with Gasteiger partial charge in [0.2, 0.25) is 0 Å². The van der Waals surface area contributed by atoms with Crippen molar-refractivity contribution in [1.29, 1.82) is 0 Å². The van der Waals surface area contributed by atoms with Crippen LogP contribution in [0.2, 0.25) is 0 Å². The summed E-state index contributed by atoms with van der Waals surface area (Å²) >= 11 is 0. The Morgan fingerprint density at radius 3 is 2.36 bits per heavy atom. The van der Waals surface area contributed by atoms with Gasteiger partial charge in [0.15, 0.2) is 0 Å². The number of carbonyl (C=O) groups is 1. The van der Waals surface area contributed by atoms with Crippen LogP contribution in [0.5, 0.6) is 0 Å². The van der Waals surface area contributed by atoms with Crippen LogP contribution in [0.3, 0.4) is 0 Å². The predicted molar refractivity (Wildman–Crippen MR) is 105 cm³/mol. The number of nitrogens with one attached hydrogen (secondary N) is 1. The molecule has 1 unspecified atom stereocenters. The van der Waals surface area contributed by atoms with E-state index >= 15 is 0 Å². The van der Waals surface area contributed by atoms with Crippen molar-refractivity contribution in [2.75, 3.05) is 6.54 Å². The van der Waals surface area contributed by atoms with Crippen LogP contribution in [-0.4, -0.2) is 18.7 Å². The van der Waals surface area contributed by atoms with Crippen LogP contribution in [0.15, 0.2) is 65.7 Å². The number of benzene rings is 2. The van der Waals surface area contributed by atoms with Crippen molar-refractivity contribution in [2.45, 2.75) is 45.1 Å². The lowest BCUT2D eigenvalue weighted by atomic mass is 10.0. The topological polar surface area (TPSA) is 41.5 Å². The van der Waals surface area contributed by atoms with Gasteiger partial charge in [-0.2, -0.15) is 0 Å². The van der Waals surface area contributed by atoms with Crippen LogP contribution in [0, 0.1) is 0 Å². The van der Waals surface area contributed by atoms with Crippen molar-refractivity contribution >= 4 is 12.1 Å². The molecule has 132 valence electrons. The molecule has 0 radical (unpaired) electrons. The molecule has 2 aromatic rings. The number of unbranched alkanes of at least 4 members (excludes halogenated alkanes) is 3. The Hall–Kier alpha value is -2.42. The summed E-state index contributed by atoms with van der Waals surface area (Å²) < 4.78 is 0. The second-order valence-corrected chi connectivity index (χ2v) is 6.19. The molecular weight excluding hydrogens is 308 g/mol. The first kappa shape index (κ1) is 18.9. The maximum atomic E-state index is 12.5. The van der Waals surface area contributed by atoms with E-state index in [-0.39, 0.29) is 11.9 Å². The molecule has 2 aromatic carbocycles. The number of aliphatic imine (C=N–C) groups is 1. The summed E-state index contributed by atoms with van der Waals surface area (Å²) in [6, 6.07) is 19.4. The SMILES string of the molecule is CCCCCCN=CCC(NC(=O)c1ccccc1)c1ccccc1. The van der Waals surface area contributed by atoms with Crippen LogP contribution in [0.1, 0.15) is 61.0 Å². The molecule has 0 aromatic heterocycles. The highest BCUT2D eigenvalue weighted by molar-refractivity contribution is 5.94. The second-order valence-electron chi connectivity index (χ2n) is 6.19. The predicted octanol–water partition coefficient (Wildman–Crippen LogP) is 5.20.